The second-order valence-electron chi connectivity index (χ2n) is 5.61. The molecule has 7 heteroatoms. The lowest BCUT2D eigenvalue weighted by Gasteiger charge is -2.09. The van der Waals surface area contributed by atoms with Crippen LogP contribution in [0.25, 0.3) is 0 Å². The van der Waals surface area contributed by atoms with E-state index in [0.29, 0.717) is 12.5 Å². The second kappa shape index (κ2) is 9.81. The number of guanidine groups is 1. The maximum atomic E-state index is 5.95. The molecule has 0 radical (unpaired) electrons. The van der Waals surface area contributed by atoms with Crippen LogP contribution in [0.5, 0.6) is 11.5 Å². The zero-order valence-electron chi connectivity index (χ0n) is 14.5. The third-order valence-electron chi connectivity index (χ3n) is 3.53. The van der Waals surface area contributed by atoms with Gasteiger partial charge in [0.15, 0.2) is 5.96 Å². The van der Waals surface area contributed by atoms with Crippen molar-refractivity contribution in [3.8, 4) is 11.5 Å². The quantitative estimate of drug-likeness (QED) is 0.331. The zero-order valence-corrected chi connectivity index (χ0v) is 16.8. The normalized spacial score (nSPS) is 10.9. The molecular formula is C19H22IN5O. The number of benzene rings is 2. The fourth-order valence-electron chi connectivity index (χ4n) is 2.36. The number of aliphatic imine (C=N–C) groups is 1. The van der Waals surface area contributed by atoms with E-state index in [-0.39, 0.29) is 24.0 Å². The summed E-state index contributed by atoms with van der Waals surface area (Å²) < 4.78 is 7.59. The van der Waals surface area contributed by atoms with Crippen molar-refractivity contribution in [3.63, 3.8) is 0 Å². The molecule has 0 aliphatic heterocycles. The predicted octanol–water partition coefficient (Wildman–Crippen LogP) is 3.80. The van der Waals surface area contributed by atoms with Crippen molar-refractivity contribution < 1.29 is 4.74 Å². The minimum Gasteiger partial charge on any atom is -0.457 e. The maximum absolute atomic E-state index is 5.95. The second-order valence-corrected chi connectivity index (χ2v) is 5.61. The van der Waals surface area contributed by atoms with Gasteiger partial charge in [-0.25, -0.2) is 0 Å². The van der Waals surface area contributed by atoms with E-state index in [1.807, 2.05) is 74.0 Å². The van der Waals surface area contributed by atoms with Crippen molar-refractivity contribution in [2.24, 2.45) is 17.8 Å². The van der Waals surface area contributed by atoms with Gasteiger partial charge in [0.2, 0.25) is 0 Å². The summed E-state index contributed by atoms with van der Waals surface area (Å²) in [7, 11) is 1.90. The first-order valence-corrected chi connectivity index (χ1v) is 8.06. The largest absolute Gasteiger partial charge is 0.457 e. The van der Waals surface area contributed by atoms with E-state index >= 15 is 0 Å². The Morgan fingerprint density at radius 3 is 2.65 bits per heavy atom. The summed E-state index contributed by atoms with van der Waals surface area (Å²) in [4.78, 5) is 4.34. The van der Waals surface area contributed by atoms with Gasteiger partial charge in [-0.3, -0.25) is 9.67 Å². The Morgan fingerprint density at radius 2 is 1.92 bits per heavy atom. The number of nitrogens with one attached hydrogen (secondary N) is 1. The Hall–Kier alpha value is -2.55. The molecule has 3 N–H and O–H groups in total. The van der Waals surface area contributed by atoms with E-state index in [2.05, 4.69) is 15.4 Å². The third-order valence-corrected chi connectivity index (χ3v) is 3.53. The van der Waals surface area contributed by atoms with Crippen LogP contribution in [0.1, 0.15) is 5.56 Å². The number of nitrogens with zero attached hydrogens (tertiary/aromatic N) is 3. The van der Waals surface area contributed by atoms with Gasteiger partial charge in [-0.05, 0) is 36.2 Å². The zero-order chi connectivity index (χ0) is 17.5. The molecule has 0 spiro atoms. The van der Waals surface area contributed by atoms with Crippen molar-refractivity contribution >= 4 is 35.6 Å². The number of hydrogen-bond acceptors (Lipinski definition) is 3. The number of hydrogen-bond donors (Lipinski definition) is 2. The van der Waals surface area contributed by atoms with Gasteiger partial charge in [0, 0.05) is 31.5 Å². The molecule has 0 bridgehead atoms. The minimum absolute atomic E-state index is 0. The number of para-hydroxylation sites is 1. The highest BCUT2D eigenvalue weighted by atomic mass is 127. The van der Waals surface area contributed by atoms with E-state index in [1.165, 1.54) is 0 Å². The number of aromatic nitrogens is 2. The van der Waals surface area contributed by atoms with Crippen LogP contribution in [0.2, 0.25) is 0 Å². The fourth-order valence-corrected chi connectivity index (χ4v) is 2.36. The van der Waals surface area contributed by atoms with Crippen molar-refractivity contribution in [2.45, 2.75) is 6.42 Å². The van der Waals surface area contributed by atoms with Crippen LogP contribution in [-0.4, -0.2) is 22.3 Å². The molecule has 0 unspecified atom stereocenters. The van der Waals surface area contributed by atoms with Gasteiger partial charge >= 0.3 is 0 Å². The molecule has 0 atom stereocenters. The minimum atomic E-state index is 0. The van der Waals surface area contributed by atoms with Crippen LogP contribution >= 0.6 is 24.0 Å². The van der Waals surface area contributed by atoms with Gasteiger partial charge in [0.05, 0.1) is 6.20 Å². The lowest BCUT2D eigenvalue weighted by atomic mass is 10.2. The van der Waals surface area contributed by atoms with Crippen LogP contribution in [0.15, 0.2) is 72.0 Å². The number of ether oxygens (including phenoxy) is 1. The maximum Gasteiger partial charge on any atom is 0.193 e. The Labute approximate surface area is 170 Å². The highest BCUT2D eigenvalue weighted by molar-refractivity contribution is 14.0. The predicted molar refractivity (Wildman–Crippen MR) is 115 cm³/mol. The molecule has 3 rings (SSSR count). The van der Waals surface area contributed by atoms with Crippen molar-refractivity contribution in [2.75, 3.05) is 11.9 Å². The average molecular weight is 463 g/mol. The summed E-state index contributed by atoms with van der Waals surface area (Å²) in [6, 6.07) is 17.3. The van der Waals surface area contributed by atoms with Gasteiger partial charge in [-0.1, -0.05) is 24.3 Å². The molecule has 2 aromatic carbocycles. The molecule has 0 amide bonds. The van der Waals surface area contributed by atoms with Crippen LogP contribution in [0, 0.1) is 0 Å². The smallest absolute Gasteiger partial charge is 0.193 e. The van der Waals surface area contributed by atoms with Crippen molar-refractivity contribution in [1.29, 1.82) is 0 Å². The molecule has 0 fully saturated rings. The summed E-state index contributed by atoms with van der Waals surface area (Å²) in [6.45, 7) is 0.602. The molecule has 26 heavy (non-hydrogen) atoms. The number of halogens is 1. The molecule has 1 aromatic heterocycles. The first-order valence-electron chi connectivity index (χ1n) is 8.06. The summed E-state index contributed by atoms with van der Waals surface area (Å²) in [5, 5.41) is 7.22. The van der Waals surface area contributed by atoms with Crippen LogP contribution < -0.4 is 15.8 Å². The Morgan fingerprint density at radius 1 is 1.15 bits per heavy atom. The van der Waals surface area contributed by atoms with Gasteiger partial charge in [-0.15, -0.1) is 24.0 Å². The molecule has 0 saturated heterocycles. The average Bonchev–Trinajstić information content (AvgIpc) is 3.01. The first kappa shape index (κ1) is 19.8. The molecule has 0 aliphatic rings. The van der Waals surface area contributed by atoms with Crippen LogP contribution in [0.3, 0.4) is 0 Å². The number of anilines is 1. The number of nitrogens with two attached hydrogens (primary N) is 1. The Balaban J connectivity index is 0.00000243. The monoisotopic (exact) mass is 463 g/mol. The van der Waals surface area contributed by atoms with E-state index in [4.69, 9.17) is 10.5 Å². The van der Waals surface area contributed by atoms with Gasteiger partial charge in [0.1, 0.15) is 11.5 Å². The molecule has 136 valence electrons. The standard InChI is InChI=1S/C19H21N5O.HI/c1-24-14-15(13-22-24)10-11-21-19(20)23-16-6-5-9-18(12-16)25-17-7-3-2-4-8-17;/h2-9,12-14H,10-11H2,1H3,(H3,20,21,23);1H. The highest BCUT2D eigenvalue weighted by Crippen LogP contribution is 2.23. The SMILES string of the molecule is Cn1cc(CCN=C(N)Nc2cccc(Oc3ccccc3)c2)cn1.I. The van der Waals surface area contributed by atoms with E-state index < -0.39 is 0 Å². The molecule has 1 heterocycles. The Bertz CT molecular complexity index is 848. The fraction of sp³-hybridized carbons (Fsp3) is 0.158. The molecule has 3 aromatic rings. The summed E-state index contributed by atoms with van der Waals surface area (Å²) in [5.74, 6) is 1.90. The van der Waals surface area contributed by atoms with Crippen molar-refractivity contribution in [3.05, 3.63) is 72.6 Å². The topological polar surface area (TPSA) is 77.5 Å². The first-order chi connectivity index (χ1) is 12.2. The Kier molecular flexibility index (Phi) is 7.46. The van der Waals surface area contributed by atoms with E-state index in [9.17, 15) is 0 Å². The van der Waals surface area contributed by atoms with Gasteiger partial charge in [-0.2, -0.15) is 5.10 Å². The van der Waals surface area contributed by atoms with Crippen molar-refractivity contribution in [1.82, 2.24) is 9.78 Å². The summed E-state index contributed by atoms with van der Waals surface area (Å²) >= 11 is 0. The van der Waals surface area contributed by atoms with Gasteiger partial charge in [0.25, 0.3) is 0 Å². The molecular weight excluding hydrogens is 441 g/mol. The molecule has 0 aliphatic carbocycles. The molecule has 0 saturated carbocycles. The van der Waals surface area contributed by atoms with E-state index in [1.54, 1.807) is 4.68 Å². The lowest BCUT2D eigenvalue weighted by molar-refractivity contribution is 0.483. The van der Waals surface area contributed by atoms with Gasteiger partial charge < -0.3 is 15.8 Å². The number of aryl methyl sites for hydroxylation is 1. The number of rotatable bonds is 6. The van der Waals surface area contributed by atoms with Crippen LogP contribution in [-0.2, 0) is 13.5 Å². The summed E-state index contributed by atoms with van der Waals surface area (Å²) in [6.07, 6.45) is 4.61. The van der Waals surface area contributed by atoms with E-state index in [0.717, 1.165) is 29.2 Å². The highest BCUT2D eigenvalue weighted by Gasteiger charge is 2.01. The van der Waals surface area contributed by atoms with Crippen LogP contribution in [0.4, 0.5) is 5.69 Å². The molecule has 6 nitrogen and oxygen atoms in total. The summed E-state index contributed by atoms with van der Waals surface area (Å²) in [5.41, 5.74) is 7.92. The third kappa shape index (κ3) is 6.07. The lowest BCUT2D eigenvalue weighted by Crippen LogP contribution is -2.23.